The van der Waals surface area contributed by atoms with Crippen molar-refractivity contribution >= 4 is 21.8 Å². The normalized spacial score (nSPS) is 11.8. The van der Waals surface area contributed by atoms with Crippen molar-refractivity contribution in [3.8, 4) is 6.07 Å². The third kappa shape index (κ3) is 5.70. The summed E-state index contributed by atoms with van der Waals surface area (Å²) in [6, 6.07) is 10.4. The number of carbonyl (C=O) groups is 1. The van der Waals surface area contributed by atoms with Crippen molar-refractivity contribution in [2.75, 3.05) is 0 Å². The van der Waals surface area contributed by atoms with Gasteiger partial charge in [-0.1, -0.05) is 28.1 Å². The minimum atomic E-state index is 0.0539. The van der Waals surface area contributed by atoms with E-state index in [1.165, 1.54) is 5.56 Å². The van der Waals surface area contributed by atoms with Crippen LogP contribution in [0.3, 0.4) is 0 Å². The van der Waals surface area contributed by atoms with Gasteiger partial charge in [-0.15, -0.1) is 0 Å². The van der Waals surface area contributed by atoms with E-state index in [1.54, 1.807) is 0 Å². The molecule has 0 aliphatic rings. The van der Waals surface area contributed by atoms with Crippen LogP contribution < -0.4 is 5.32 Å². The molecule has 0 aliphatic heterocycles. The average Bonchev–Trinajstić information content (AvgIpc) is 2.86. The van der Waals surface area contributed by atoms with E-state index in [4.69, 9.17) is 5.26 Å². The zero-order chi connectivity index (χ0) is 19.1. The SMILES string of the molecule is Cc1nn(CCC#N)c(C)c1CCC(=O)NC(C)Cc1ccc(Br)cc1. The molecule has 1 aromatic carbocycles. The molecular formula is C20H25BrN4O. The topological polar surface area (TPSA) is 70.7 Å². The van der Waals surface area contributed by atoms with Crippen molar-refractivity contribution in [1.82, 2.24) is 15.1 Å². The van der Waals surface area contributed by atoms with Gasteiger partial charge >= 0.3 is 0 Å². The van der Waals surface area contributed by atoms with Crippen LogP contribution in [0.5, 0.6) is 0 Å². The number of nitrogens with one attached hydrogen (secondary N) is 1. The first-order valence-corrected chi connectivity index (χ1v) is 9.63. The first-order chi connectivity index (χ1) is 12.4. The van der Waals surface area contributed by atoms with Crippen molar-refractivity contribution in [1.29, 1.82) is 5.26 Å². The number of hydrogen-bond donors (Lipinski definition) is 1. The summed E-state index contributed by atoms with van der Waals surface area (Å²) in [5.41, 5.74) is 4.30. The molecule has 0 radical (unpaired) electrons. The van der Waals surface area contributed by atoms with E-state index in [0.29, 0.717) is 25.8 Å². The predicted molar refractivity (Wildman–Crippen MR) is 106 cm³/mol. The smallest absolute Gasteiger partial charge is 0.220 e. The fraction of sp³-hybridized carbons (Fsp3) is 0.450. The molecule has 1 unspecified atom stereocenters. The number of benzene rings is 1. The fourth-order valence-corrected chi connectivity index (χ4v) is 3.34. The number of hydrogen-bond acceptors (Lipinski definition) is 3. The van der Waals surface area contributed by atoms with E-state index in [0.717, 1.165) is 27.8 Å². The van der Waals surface area contributed by atoms with Gasteiger partial charge in [-0.05, 0) is 56.9 Å². The third-order valence-electron chi connectivity index (χ3n) is 4.43. The summed E-state index contributed by atoms with van der Waals surface area (Å²) in [7, 11) is 0. The first-order valence-electron chi connectivity index (χ1n) is 8.84. The minimum absolute atomic E-state index is 0.0539. The molecule has 0 aliphatic carbocycles. The lowest BCUT2D eigenvalue weighted by Gasteiger charge is -2.14. The van der Waals surface area contributed by atoms with E-state index < -0.39 is 0 Å². The number of aryl methyl sites for hydroxylation is 2. The van der Waals surface area contributed by atoms with Gasteiger partial charge in [0.05, 0.1) is 24.7 Å². The highest BCUT2D eigenvalue weighted by Gasteiger charge is 2.14. The van der Waals surface area contributed by atoms with E-state index in [-0.39, 0.29) is 11.9 Å². The summed E-state index contributed by atoms with van der Waals surface area (Å²) in [5.74, 6) is 0.0539. The van der Waals surface area contributed by atoms with Crippen molar-refractivity contribution < 1.29 is 4.79 Å². The molecular weight excluding hydrogens is 392 g/mol. The molecule has 138 valence electrons. The largest absolute Gasteiger partial charge is 0.353 e. The van der Waals surface area contributed by atoms with Crippen molar-refractivity contribution in [2.24, 2.45) is 0 Å². The Morgan fingerprint density at radius 3 is 2.69 bits per heavy atom. The van der Waals surface area contributed by atoms with Crippen LogP contribution in [-0.4, -0.2) is 21.7 Å². The van der Waals surface area contributed by atoms with E-state index in [1.807, 2.05) is 37.6 Å². The molecule has 0 bridgehead atoms. The summed E-state index contributed by atoms with van der Waals surface area (Å²) in [4.78, 5) is 12.3. The highest BCUT2D eigenvalue weighted by Crippen LogP contribution is 2.16. The zero-order valence-corrected chi connectivity index (χ0v) is 17.1. The standard InChI is InChI=1S/C20H25BrN4O/c1-14(13-17-5-7-18(21)8-6-17)23-20(26)10-9-19-15(2)24-25(16(19)3)12-4-11-22/h5-8,14H,4,9-10,12-13H2,1-3H3,(H,23,26). The van der Waals surface area contributed by atoms with E-state index >= 15 is 0 Å². The number of nitrogens with zero attached hydrogens (tertiary/aromatic N) is 3. The molecule has 2 rings (SSSR count). The van der Waals surface area contributed by atoms with Crippen LogP contribution in [0.2, 0.25) is 0 Å². The molecule has 1 heterocycles. The Hall–Kier alpha value is -2.13. The summed E-state index contributed by atoms with van der Waals surface area (Å²) < 4.78 is 2.92. The van der Waals surface area contributed by atoms with Gasteiger partial charge in [-0.25, -0.2) is 0 Å². The lowest BCUT2D eigenvalue weighted by molar-refractivity contribution is -0.121. The molecule has 1 N–H and O–H groups in total. The molecule has 0 saturated carbocycles. The predicted octanol–water partition coefficient (Wildman–Crippen LogP) is 3.86. The summed E-state index contributed by atoms with van der Waals surface area (Å²) in [6.07, 6.45) is 2.36. The Morgan fingerprint density at radius 1 is 1.35 bits per heavy atom. The molecule has 0 saturated heterocycles. The number of nitriles is 1. The number of amides is 1. The van der Waals surface area contributed by atoms with Gasteiger partial charge in [-0.2, -0.15) is 10.4 Å². The summed E-state index contributed by atoms with van der Waals surface area (Å²) >= 11 is 3.43. The molecule has 1 atom stereocenters. The van der Waals surface area contributed by atoms with Crippen LogP contribution in [0, 0.1) is 25.2 Å². The van der Waals surface area contributed by atoms with Crippen LogP contribution in [-0.2, 0) is 24.2 Å². The van der Waals surface area contributed by atoms with Gasteiger partial charge in [0, 0.05) is 22.6 Å². The van der Waals surface area contributed by atoms with Crippen molar-refractivity contribution in [3.63, 3.8) is 0 Å². The zero-order valence-electron chi connectivity index (χ0n) is 15.6. The number of halogens is 1. The van der Waals surface area contributed by atoms with Crippen LogP contribution in [0.15, 0.2) is 28.7 Å². The molecule has 1 aromatic heterocycles. The van der Waals surface area contributed by atoms with E-state index in [2.05, 4.69) is 44.5 Å². The Bertz CT molecular complexity index is 789. The highest BCUT2D eigenvalue weighted by molar-refractivity contribution is 9.10. The van der Waals surface area contributed by atoms with Crippen molar-refractivity contribution in [3.05, 3.63) is 51.3 Å². The molecule has 1 amide bonds. The van der Waals surface area contributed by atoms with Gasteiger partial charge in [0.15, 0.2) is 0 Å². The maximum absolute atomic E-state index is 12.3. The number of carbonyl (C=O) groups excluding carboxylic acids is 1. The molecule has 5 nitrogen and oxygen atoms in total. The quantitative estimate of drug-likeness (QED) is 0.709. The second-order valence-electron chi connectivity index (χ2n) is 6.58. The summed E-state index contributed by atoms with van der Waals surface area (Å²) in [6.45, 7) is 6.58. The third-order valence-corrected chi connectivity index (χ3v) is 4.96. The van der Waals surface area contributed by atoms with Gasteiger partial charge in [0.2, 0.25) is 5.91 Å². The van der Waals surface area contributed by atoms with E-state index in [9.17, 15) is 4.79 Å². The van der Waals surface area contributed by atoms with Crippen LogP contribution in [0.4, 0.5) is 0 Å². The Balaban J connectivity index is 1.85. The maximum atomic E-state index is 12.3. The Kier molecular flexibility index (Phi) is 7.40. The molecule has 2 aromatic rings. The fourth-order valence-electron chi connectivity index (χ4n) is 3.08. The lowest BCUT2D eigenvalue weighted by Crippen LogP contribution is -2.34. The molecule has 26 heavy (non-hydrogen) atoms. The second kappa shape index (κ2) is 9.54. The highest BCUT2D eigenvalue weighted by atomic mass is 79.9. The molecule has 0 spiro atoms. The van der Waals surface area contributed by atoms with Gasteiger partial charge in [0.25, 0.3) is 0 Å². The monoisotopic (exact) mass is 416 g/mol. The van der Waals surface area contributed by atoms with Crippen LogP contribution >= 0.6 is 15.9 Å². The maximum Gasteiger partial charge on any atom is 0.220 e. The number of aromatic nitrogens is 2. The first kappa shape index (κ1) is 20.2. The van der Waals surface area contributed by atoms with Gasteiger partial charge in [0.1, 0.15) is 0 Å². The van der Waals surface area contributed by atoms with Crippen LogP contribution in [0.1, 0.15) is 42.3 Å². The van der Waals surface area contributed by atoms with Gasteiger partial charge < -0.3 is 5.32 Å². The number of rotatable bonds is 8. The summed E-state index contributed by atoms with van der Waals surface area (Å²) in [5, 5.41) is 16.3. The van der Waals surface area contributed by atoms with Crippen LogP contribution in [0.25, 0.3) is 0 Å². The average molecular weight is 417 g/mol. The van der Waals surface area contributed by atoms with Crippen molar-refractivity contribution in [2.45, 2.75) is 59.0 Å². The Morgan fingerprint density at radius 2 is 2.04 bits per heavy atom. The Labute approximate surface area is 163 Å². The minimum Gasteiger partial charge on any atom is -0.353 e. The van der Waals surface area contributed by atoms with Gasteiger partial charge in [-0.3, -0.25) is 9.48 Å². The second-order valence-corrected chi connectivity index (χ2v) is 7.50. The molecule has 6 heteroatoms. The lowest BCUT2D eigenvalue weighted by atomic mass is 10.1. The molecule has 0 fully saturated rings.